The van der Waals surface area contributed by atoms with E-state index in [1.54, 1.807) is 27.5 Å². The predicted octanol–water partition coefficient (Wildman–Crippen LogP) is 3.70. The molecule has 7 heteroatoms. The number of hydrogen-bond acceptors (Lipinski definition) is 7. The second-order valence-corrected chi connectivity index (χ2v) is 6.89. The highest BCUT2D eigenvalue weighted by Crippen LogP contribution is 2.45. The van der Waals surface area contributed by atoms with Gasteiger partial charge in [0.05, 0.1) is 32.9 Å². The molecule has 1 aliphatic rings. The molecule has 1 fully saturated rings. The molecular formula is C22H25N3O4. The van der Waals surface area contributed by atoms with E-state index in [0.717, 1.165) is 48.3 Å². The van der Waals surface area contributed by atoms with Crippen molar-refractivity contribution in [1.29, 1.82) is 0 Å². The number of rotatable bonds is 6. The third-order valence-corrected chi connectivity index (χ3v) is 5.24. The number of fused-ring (bicyclic) bond motifs is 1. The van der Waals surface area contributed by atoms with Gasteiger partial charge in [-0.2, -0.15) is 5.10 Å². The molecule has 0 unspecified atom stereocenters. The average Bonchev–Trinajstić information content (AvgIpc) is 2.78. The van der Waals surface area contributed by atoms with E-state index in [0.29, 0.717) is 17.2 Å². The Labute approximate surface area is 170 Å². The van der Waals surface area contributed by atoms with Gasteiger partial charge in [0.15, 0.2) is 17.3 Å². The van der Waals surface area contributed by atoms with Gasteiger partial charge in [-0.05, 0) is 18.2 Å². The minimum atomic E-state index is 0.195. The van der Waals surface area contributed by atoms with Gasteiger partial charge in [0.2, 0.25) is 5.75 Å². The molecule has 29 heavy (non-hydrogen) atoms. The largest absolute Gasteiger partial charge is 0.493 e. The fourth-order valence-corrected chi connectivity index (χ4v) is 3.80. The summed E-state index contributed by atoms with van der Waals surface area (Å²) in [5.41, 5.74) is 0. The fraction of sp³-hybridized carbons (Fsp3) is 0.364. The number of piperidine rings is 1. The first-order valence-electron chi connectivity index (χ1n) is 9.66. The summed E-state index contributed by atoms with van der Waals surface area (Å²) in [6.07, 6.45) is 3.72. The number of ether oxygens (including phenoxy) is 4. The van der Waals surface area contributed by atoms with Crippen LogP contribution in [0.1, 0.15) is 12.8 Å². The lowest BCUT2D eigenvalue weighted by Crippen LogP contribution is -2.38. The van der Waals surface area contributed by atoms with Crippen LogP contribution < -0.4 is 23.8 Å². The molecule has 0 spiro atoms. The molecule has 4 rings (SSSR count). The van der Waals surface area contributed by atoms with Crippen molar-refractivity contribution >= 4 is 16.6 Å². The number of nitrogens with zero attached hydrogens (tertiary/aromatic N) is 3. The number of benzene rings is 2. The van der Waals surface area contributed by atoms with E-state index in [9.17, 15) is 0 Å². The topological polar surface area (TPSA) is 65.9 Å². The van der Waals surface area contributed by atoms with Crippen LogP contribution >= 0.6 is 0 Å². The SMILES string of the molecule is COc1cc2c(N3CCC(Oc4ccccc4)CC3)nncc2c(OC)c1OC. The van der Waals surface area contributed by atoms with E-state index in [1.807, 2.05) is 36.4 Å². The summed E-state index contributed by atoms with van der Waals surface area (Å²) >= 11 is 0. The Morgan fingerprint density at radius 2 is 1.62 bits per heavy atom. The molecule has 0 amide bonds. The molecule has 2 heterocycles. The van der Waals surface area contributed by atoms with Crippen molar-refractivity contribution in [2.75, 3.05) is 39.3 Å². The van der Waals surface area contributed by atoms with Gasteiger partial charge < -0.3 is 23.8 Å². The molecule has 3 aromatic rings. The van der Waals surface area contributed by atoms with Gasteiger partial charge in [0.1, 0.15) is 11.9 Å². The Morgan fingerprint density at radius 1 is 0.897 bits per heavy atom. The van der Waals surface area contributed by atoms with Crippen molar-refractivity contribution < 1.29 is 18.9 Å². The third-order valence-electron chi connectivity index (χ3n) is 5.24. The number of methoxy groups -OCH3 is 3. The fourth-order valence-electron chi connectivity index (χ4n) is 3.80. The van der Waals surface area contributed by atoms with Gasteiger partial charge in [-0.15, -0.1) is 5.10 Å². The Bertz CT molecular complexity index is 973. The van der Waals surface area contributed by atoms with Crippen LogP contribution in [0.5, 0.6) is 23.0 Å². The summed E-state index contributed by atoms with van der Waals surface area (Å²) in [7, 11) is 4.83. The lowest BCUT2D eigenvalue weighted by Gasteiger charge is -2.33. The lowest BCUT2D eigenvalue weighted by atomic mass is 10.1. The van der Waals surface area contributed by atoms with Gasteiger partial charge in [0.25, 0.3) is 0 Å². The molecule has 2 aromatic carbocycles. The van der Waals surface area contributed by atoms with Crippen molar-refractivity contribution in [3.63, 3.8) is 0 Å². The Kier molecular flexibility index (Phi) is 5.55. The van der Waals surface area contributed by atoms with Crippen molar-refractivity contribution in [2.24, 2.45) is 0 Å². The first-order chi connectivity index (χ1) is 14.2. The maximum absolute atomic E-state index is 6.11. The lowest BCUT2D eigenvalue weighted by molar-refractivity contribution is 0.171. The Hall–Kier alpha value is -3.22. The molecule has 1 saturated heterocycles. The number of aromatic nitrogens is 2. The zero-order chi connectivity index (χ0) is 20.2. The van der Waals surface area contributed by atoms with E-state index in [2.05, 4.69) is 15.1 Å². The standard InChI is InChI=1S/C22H25N3O4/c1-26-19-13-17-18(20(27-2)21(19)28-3)14-23-24-22(17)25-11-9-16(10-12-25)29-15-7-5-4-6-8-15/h4-8,13-14,16H,9-12H2,1-3H3. The third kappa shape index (κ3) is 3.72. The maximum atomic E-state index is 6.11. The van der Waals surface area contributed by atoms with E-state index in [-0.39, 0.29) is 6.10 Å². The van der Waals surface area contributed by atoms with Gasteiger partial charge >= 0.3 is 0 Å². The highest BCUT2D eigenvalue weighted by Gasteiger charge is 2.25. The van der Waals surface area contributed by atoms with Crippen molar-refractivity contribution in [3.8, 4) is 23.0 Å². The Morgan fingerprint density at radius 3 is 2.28 bits per heavy atom. The van der Waals surface area contributed by atoms with Crippen LogP contribution in [0.25, 0.3) is 10.8 Å². The summed E-state index contributed by atoms with van der Waals surface area (Å²) < 4.78 is 22.7. The summed E-state index contributed by atoms with van der Waals surface area (Å²) in [4.78, 5) is 2.24. The van der Waals surface area contributed by atoms with Crippen molar-refractivity contribution in [1.82, 2.24) is 10.2 Å². The summed E-state index contributed by atoms with van der Waals surface area (Å²) in [5.74, 6) is 3.49. The normalized spacial score (nSPS) is 14.7. The molecule has 7 nitrogen and oxygen atoms in total. The first-order valence-corrected chi connectivity index (χ1v) is 9.66. The first kappa shape index (κ1) is 19.1. The zero-order valence-electron chi connectivity index (χ0n) is 16.9. The van der Waals surface area contributed by atoms with E-state index in [4.69, 9.17) is 18.9 Å². The average molecular weight is 395 g/mol. The quantitative estimate of drug-likeness (QED) is 0.630. The summed E-state index contributed by atoms with van der Waals surface area (Å²) in [6, 6.07) is 11.9. The van der Waals surface area contributed by atoms with Crippen molar-refractivity contribution in [2.45, 2.75) is 18.9 Å². The van der Waals surface area contributed by atoms with Crippen LogP contribution in [0.15, 0.2) is 42.6 Å². The van der Waals surface area contributed by atoms with Crippen LogP contribution in [0.4, 0.5) is 5.82 Å². The zero-order valence-corrected chi connectivity index (χ0v) is 16.9. The molecule has 1 aromatic heterocycles. The smallest absolute Gasteiger partial charge is 0.204 e. The minimum absolute atomic E-state index is 0.195. The van der Waals surface area contributed by atoms with Crippen LogP contribution in [0.3, 0.4) is 0 Å². The van der Waals surface area contributed by atoms with Crippen LogP contribution in [-0.4, -0.2) is 50.7 Å². The molecule has 0 radical (unpaired) electrons. The van der Waals surface area contributed by atoms with Gasteiger partial charge in [-0.3, -0.25) is 0 Å². The Balaban J connectivity index is 1.60. The molecule has 0 N–H and O–H groups in total. The van der Waals surface area contributed by atoms with Gasteiger partial charge in [-0.1, -0.05) is 18.2 Å². The molecule has 0 bridgehead atoms. The van der Waals surface area contributed by atoms with E-state index < -0.39 is 0 Å². The molecule has 1 aliphatic heterocycles. The molecular weight excluding hydrogens is 370 g/mol. The van der Waals surface area contributed by atoms with Gasteiger partial charge in [0, 0.05) is 31.3 Å². The number of para-hydroxylation sites is 1. The highest BCUT2D eigenvalue weighted by molar-refractivity contribution is 5.99. The summed E-state index contributed by atoms with van der Waals surface area (Å²) in [5, 5.41) is 10.4. The molecule has 0 saturated carbocycles. The monoisotopic (exact) mass is 395 g/mol. The predicted molar refractivity (Wildman–Crippen MR) is 111 cm³/mol. The maximum Gasteiger partial charge on any atom is 0.204 e. The van der Waals surface area contributed by atoms with Crippen LogP contribution in [-0.2, 0) is 0 Å². The second-order valence-electron chi connectivity index (χ2n) is 6.89. The molecule has 0 aliphatic carbocycles. The molecule has 0 atom stereocenters. The number of anilines is 1. The van der Waals surface area contributed by atoms with E-state index >= 15 is 0 Å². The summed E-state index contributed by atoms with van der Waals surface area (Å²) in [6.45, 7) is 1.67. The molecule has 152 valence electrons. The highest BCUT2D eigenvalue weighted by atomic mass is 16.5. The van der Waals surface area contributed by atoms with Crippen LogP contribution in [0.2, 0.25) is 0 Å². The minimum Gasteiger partial charge on any atom is -0.493 e. The second kappa shape index (κ2) is 8.43. The van der Waals surface area contributed by atoms with Crippen molar-refractivity contribution in [3.05, 3.63) is 42.6 Å². The van der Waals surface area contributed by atoms with Gasteiger partial charge in [-0.25, -0.2) is 0 Å². The van der Waals surface area contributed by atoms with Crippen LogP contribution in [0, 0.1) is 0 Å². The van der Waals surface area contributed by atoms with E-state index in [1.165, 1.54) is 0 Å². The number of hydrogen-bond donors (Lipinski definition) is 0.